The van der Waals surface area contributed by atoms with E-state index in [1.165, 1.54) is 17.4 Å². The number of thioether (sulfide) groups is 1. The van der Waals surface area contributed by atoms with E-state index in [1.807, 2.05) is 43.3 Å². The van der Waals surface area contributed by atoms with Gasteiger partial charge in [-0.1, -0.05) is 30.0 Å². The van der Waals surface area contributed by atoms with Crippen molar-refractivity contribution in [2.24, 2.45) is 0 Å². The van der Waals surface area contributed by atoms with E-state index in [9.17, 15) is 4.79 Å². The first-order valence-corrected chi connectivity index (χ1v) is 10.9. The van der Waals surface area contributed by atoms with Crippen LogP contribution in [-0.4, -0.2) is 60.0 Å². The molecule has 0 saturated carbocycles. The number of aryl methyl sites for hydroxylation is 1. The van der Waals surface area contributed by atoms with Crippen molar-refractivity contribution >= 4 is 29.0 Å². The summed E-state index contributed by atoms with van der Waals surface area (Å²) < 4.78 is 5.69. The Balaban J connectivity index is 1.28. The van der Waals surface area contributed by atoms with Gasteiger partial charge in [0.25, 0.3) is 5.22 Å². The lowest BCUT2D eigenvalue weighted by molar-refractivity contribution is -0.113. The highest BCUT2D eigenvalue weighted by Crippen LogP contribution is 2.25. The fourth-order valence-corrected chi connectivity index (χ4v) is 3.90. The number of likely N-dealkylation sites (N-methyl/N-ethyl adjacent to an activating group) is 1. The standard InChI is InChI=1S/C22H25N5O2S/c1-16-5-3-4-6-19(16)21-24-25-22(29-21)30-15-20(28)23-17-7-9-18(10-8-17)27-13-11-26(2)12-14-27/h3-10H,11-15H2,1-2H3,(H,23,28). The van der Waals surface area contributed by atoms with Crippen LogP contribution in [0.4, 0.5) is 11.4 Å². The molecule has 8 heteroatoms. The molecule has 1 N–H and O–H groups in total. The Labute approximate surface area is 180 Å². The lowest BCUT2D eigenvalue weighted by Gasteiger charge is -2.34. The number of nitrogens with one attached hydrogen (secondary N) is 1. The van der Waals surface area contributed by atoms with E-state index in [2.05, 4.69) is 44.5 Å². The number of rotatable bonds is 6. The Bertz CT molecular complexity index is 997. The molecule has 1 aromatic heterocycles. The summed E-state index contributed by atoms with van der Waals surface area (Å²) in [6.07, 6.45) is 0. The minimum absolute atomic E-state index is 0.108. The molecule has 1 amide bonds. The van der Waals surface area contributed by atoms with Crippen LogP contribution < -0.4 is 10.2 Å². The van der Waals surface area contributed by atoms with Crippen LogP contribution in [0.15, 0.2) is 58.2 Å². The van der Waals surface area contributed by atoms with Gasteiger partial charge in [0, 0.05) is 43.1 Å². The molecule has 0 unspecified atom stereocenters. The summed E-state index contributed by atoms with van der Waals surface area (Å²) in [7, 11) is 2.14. The molecule has 0 bridgehead atoms. The minimum atomic E-state index is -0.108. The molecule has 0 aliphatic carbocycles. The Morgan fingerprint density at radius 1 is 1.07 bits per heavy atom. The SMILES string of the molecule is Cc1ccccc1-c1nnc(SCC(=O)Nc2ccc(N3CCN(C)CC3)cc2)o1. The second kappa shape index (κ2) is 9.32. The first-order chi connectivity index (χ1) is 14.6. The summed E-state index contributed by atoms with van der Waals surface area (Å²) >= 11 is 1.23. The predicted octanol–water partition coefficient (Wildman–Crippen LogP) is 3.53. The van der Waals surface area contributed by atoms with Gasteiger partial charge in [-0.15, -0.1) is 10.2 Å². The van der Waals surface area contributed by atoms with Gasteiger partial charge >= 0.3 is 0 Å². The Morgan fingerprint density at radius 3 is 2.53 bits per heavy atom. The maximum Gasteiger partial charge on any atom is 0.277 e. The van der Waals surface area contributed by atoms with E-state index < -0.39 is 0 Å². The van der Waals surface area contributed by atoms with E-state index in [-0.39, 0.29) is 11.7 Å². The molecule has 156 valence electrons. The van der Waals surface area contributed by atoms with Crippen LogP contribution in [0.3, 0.4) is 0 Å². The number of amides is 1. The summed E-state index contributed by atoms with van der Waals surface area (Å²) in [5, 5.41) is 11.4. The zero-order chi connectivity index (χ0) is 20.9. The molecule has 7 nitrogen and oxygen atoms in total. The number of piperazine rings is 1. The molecular weight excluding hydrogens is 398 g/mol. The zero-order valence-corrected chi connectivity index (χ0v) is 18.0. The maximum absolute atomic E-state index is 12.3. The Hall–Kier alpha value is -2.84. The number of aromatic nitrogens is 2. The van der Waals surface area contributed by atoms with E-state index in [1.54, 1.807) is 0 Å². The molecule has 4 rings (SSSR count). The summed E-state index contributed by atoms with van der Waals surface area (Å²) in [5.74, 6) is 0.564. The minimum Gasteiger partial charge on any atom is -0.411 e. The van der Waals surface area contributed by atoms with Crippen molar-refractivity contribution in [1.82, 2.24) is 15.1 Å². The maximum atomic E-state index is 12.3. The second-order valence-electron chi connectivity index (χ2n) is 7.36. The van der Waals surface area contributed by atoms with Crippen LogP contribution in [0.1, 0.15) is 5.56 Å². The summed E-state index contributed by atoms with van der Waals surface area (Å²) in [6, 6.07) is 15.8. The normalized spacial score (nSPS) is 14.7. The van der Waals surface area contributed by atoms with Gasteiger partial charge in [0.15, 0.2) is 0 Å². The largest absolute Gasteiger partial charge is 0.411 e. The topological polar surface area (TPSA) is 74.5 Å². The third-order valence-corrected chi connectivity index (χ3v) is 5.95. The molecule has 2 aromatic carbocycles. The quantitative estimate of drug-likeness (QED) is 0.608. The highest BCUT2D eigenvalue weighted by Gasteiger charge is 2.15. The lowest BCUT2D eigenvalue weighted by atomic mass is 10.1. The van der Waals surface area contributed by atoms with Crippen molar-refractivity contribution in [3.05, 3.63) is 54.1 Å². The average Bonchev–Trinajstić information content (AvgIpc) is 3.23. The van der Waals surface area contributed by atoms with Crippen molar-refractivity contribution in [3.8, 4) is 11.5 Å². The first kappa shape index (κ1) is 20.4. The van der Waals surface area contributed by atoms with E-state index in [0.717, 1.165) is 43.0 Å². The molecule has 3 aromatic rings. The van der Waals surface area contributed by atoms with Crippen molar-refractivity contribution < 1.29 is 9.21 Å². The van der Waals surface area contributed by atoms with Gasteiger partial charge in [-0.05, 0) is 49.9 Å². The number of carbonyl (C=O) groups is 1. The molecule has 1 aliphatic heterocycles. The molecule has 0 spiro atoms. The molecule has 1 fully saturated rings. The van der Waals surface area contributed by atoms with Gasteiger partial charge in [-0.25, -0.2) is 0 Å². The highest BCUT2D eigenvalue weighted by molar-refractivity contribution is 7.99. The van der Waals surface area contributed by atoms with Crippen molar-refractivity contribution in [1.29, 1.82) is 0 Å². The molecular formula is C22H25N5O2S. The number of nitrogens with zero attached hydrogens (tertiary/aromatic N) is 4. The van der Waals surface area contributed by atoms with Gasteiger partial charge in [-0.3, -0.25) is 4.79 Å². The van der Waals surface area contributed by atoms with Gasteiger partial charge in [0.2, 0.25) is 11.8 Å². The van der Waals surface area contributed by atoms with Gasteiger partial charge in [-0.2, -0.15) is 0 Å². The van der Waals surface area contributed by atoms with Crippen LogP contribution in [0.5, 0.6) is 0 Å². The predicted molar refractivity (Wildman–Crippen MR) is 120 cm³/mol. The number of hydrogen-bond donors (Lipinski definition) is 1. The zero-order valence-electron chi connectivity index (χ0n) is 17.2. The van der Waals surface area contributed by atoms with Crippen LogP contribution >= 0.6 is 11.8 Å². The highest BCUT2D eigenvalue weighted by atomic mass is 32.2. The van der Waals surface area contributed by atoms with Crippen LogP contribution in [-0.2, 0) is 4.79 Å². The summed E-state index contributed by atoms with van der Waals surface area (Å²) in [5.41, 5.74) is 3.94. The van der Waals surface area contributed by atoms with Gasteiger partial charge < -0.3 is 19.5 Å². The number of anilines is 2. The Kier molecular flexibility index (Phi) is 6.35. The second-order valence-corrected chi connectivity index (χ2v) is 8.29. The van der Waals surface area contributed by atoms with Gasteiger partial charge in [0.05, 0.1) is 5.75 Å². The molecule has 30 heavy (non-hydrogen) atoms. The summed E-state index contributed by atoms with van der Waals surface area (Å²) in [4.78, 5) is 17.0. The molecule has 1 aliphatic rings. The summed E-state index contributed by atoms with van der Waals surface area (Å²) in [6.45, 7) is 6.17. The molecule has 2 heterocycles. The smallest absolute Gasteiger partial charge is 0.277 e. The average molecular weight is 424 g/mol. The number of carbonyl (C=O) groups excluding carboxylic acids is 1. The molecule has 0 atom stereocenters. The van der Waals surface area contributed by atoms with Crippen molar-refractivity contribution in [3.63, 3.8) is 0 Å². The van der Waals surface area contributed by atoms with E-state index in [0.29, 0.717) is 11.1 Å². The van der Waals surface area contributed by atoms with Gasteiger partial charge in [0.1, 0.15) is 0 Å². The Morgan fingerprint density at radius 2 is 1.80 bits per heavy atom. The van der Waals surface area contributed by atoms with E-state index >= 15 is 0 Å². The monoisotopic (exact) mass is 423 g/mol. The third-order valence-electron chi connectivity index (χ3n) is 5.13. The molecule has 1 saturated heterocycles. The fraction of sp³-hybridized carbons (Fsp3) is 0.318. The molecule has 0 radical (unpaired) electrons. The van der Waals surface area contributed by atoms with Crippen molar-refractivity contribution in [2.45, 2.75) is 12.1 Å². The first-order valence-electron chi connectivity index (χ1n) is 9.94. The van der Waals surface area contributed by atoms with Crippen molar-refractivity contribution in [2.75, 3.05) is 49.2 Å². The van der Waals surface area contributed by atoms with Crippen LogP contribution in [0.25, 0.3) is 11.5 Å². The van der Waals surface area contributed by atoms with Crippen LogP contribution in [0.2, 0.25) is 0 Å². The third kappa shape index (κ3) is 5.01. The number of hydrogen-bond acceptors (Lipinski definition) is 7. The van der Waals surface area contributed by atoms with Crippen LogP contribution in [0, 0.1) is 6.92 Å². The lowest BCUT2D eigenvalue weighted by Crippen LogP contribution is -2.44. The number of benzene rings is 2. The fourth-order valence-electron chi connectivity index (χ4n) is 3.33. The van der Waals surface area contributed by atoms with E-state index in [4.69, 9.17) is 4.42 Å².